The van der Waals surface area contributed by atoms with Gasteiger partial charge in [0.1, 0.15) is 0 Å². The van der Waals surface area contributed by atoms with Crippen molar-refractivity contribution in [1.82, 2.24) is 10.2 Å². The van der Waals surface area contributed by atoms with Gasteiger partial charge in [-0.25, -0.2) is 0 Å². The molecule has 0 bridgehead atoms. The molecule has 0 atom stereocenters. The van der Waals surface area contributed by atoms with Gasteiger partial charge >= 0.3 is 0 Å². The predicted octanol–water partition coefficient (Wildman–Crippen LogP) is 4.17. The number of carbonyl (C=O) groups is 2. The van der Waals surface area contributed by atoms with Gasteiger partial charge in [-0.3, -0.25) is 9.59 Å². The number of Topliss-reactive ketones (excluding diaryl/α,β-unsaturated/α-hetero) is 1. The smallest absolute Gasteiger partial charge is 0.258 e. The maximum Gasteiger partial charge on any atom is 0.258 e. The molecule has 2 heterocycles. The molecule has 1 fully saturated rings. The summed E-state index contributed by atoms with van der Waals surface area (Å²) < 4.78 is 0. The fourth-order valence-electron chi connectivity index (χ4n) is 4.36. The molecule has 0 saturated carbocycles. The number of anilines is 1. The molecule has 2 aromatic rings. The molecule has 0 spiro atoms. The molecule has 2 aliphatic rings. The number of nitrogens with one attached hydrogen (secondary N) is 2. The van der Waals surface area contributed by atoms with Crippen LogP contribution in [0.25, 0.3) is 11.3 Å². The van der Waals surface area contributed by atoms with Gasteiger partial charge in [0.05, 0.1) is 11.3 Å². The average molecular weight is 404 g/mol. The van der Waals surface area contributed by atoms with Gasteiger partial charge in [-0.2, -0.15) is 0 Å². The quantitative estimate of drug-likeness (QED) is 0.561. The minimum Gasteiger partial charge on any atom is -0.381 e. The molecule has 30 heavy (non-hydrogen) atoms. The summed E-state index contributed by atoms with van der Waals surface area (Å²) in [5, 5.41) is 6.67. The van der Waals surface area contributed by atoms with Crippen molar-refractivity contribution >= 4 is 28.6 Å². The van der Waals surface area contributed by atoms with Crippen molar-refractivity contribution in [2.75, 3.05) is 25.0 Å². The van der Waals surface area contributed by atoms with E-state index in [1.54, 1.807) is 13.0 Å². The van der Waals surface area contributed by atoms with Gasteiger partial charge in [-0.05, 0) is 56.5 Å². The Kier molecular flexibility index (Phi) is 6.00. The van der Waals surface area contributed by atoms with Crippen molar-refractivity contribution in [3.63, 3.8) is 0 Å². The zero-order valence-electron chi connectivity index (χ0n) is 17.7. The van der Waals surface area contributed by atoms with E-state index in [4.69, 9.17) is 0 Å². The van der Waals surface area contributed by atoms with Crippen molar-refractivity contribution in [2.45, 2.75) is 39.2 Å². The van der Waals surface area contributed by atoms with Gasteiger partial charge in [0.25, 0.3) is 5.91 Å². The zero-order valence-corrected chi connectivity index (χ0v) is 17.7. The van der Waals surface area contributed by atoms with E-state index < -0.39 is 0 Å². The summed E-state index contributed by atoms with van der Waals surface area (Å²) in [4.78, 5) is 27.4. The third kappa shape index (κ3) is 4.17. The first-order valence-electron chi connectivity index (χ1n) is 10.8. The van der Waals surface area contributed by atoms with Crippen LogP contribution in [-0.2, 0) is 4.79 Å². The van der Waals surface area contributed by atoms with E-state index in [2.05, 4.69) is 22.5 Å². The summed E-state index contributed by atoms with van der Waals surface area (Å²) in [6, 6.07) is 15.7. The minimum absolute atomic E-state index is 0.00554. The van der Waals surface area contributed by atoms with Crippen molar-refractivity contribution < 1.29 is 9.59 Å². The maximum absolute atomic E-state index is 13.0. The van der Waals surface area contributed by atoms with Crippen LogP contribution in [-0.4, -0.2) is 42.3 Å². The highest BCUT2D eigenvalue weighted by Crippen LogP contribution is 2.37. The van der Waals surface area contributed by atoms with Crippen LogP contribution in [0.2, 0.25) is 0 Å². The number of hydrogen-bond acceptors (Lipinski definition) is 4. The van der Waals surface area contributed by atoms with Crippen molar-refractivity contribution in [3.8, 4) is 0 Å². The van der Waals surface area contributed by atoms with Crippen LogP contribution in [0.15, 0.2) is 48.5 Å². The standard InChI is InChI=1S/C25H29N3O2/c1-3-13-28-14-11-20(12-15-28)26-24(18-7-5-4-6-8-18)23-21-16-19(17(2)29)9-10-22(21)27-25(23)30/h4-10,16,20,26H,3,11-15H2,1-2H3,(H,27,30)/b24-23-. The zero-order chi connectivity index (χ0) is 21.1. The van der Waals surface area contributed by atoms with E-state index in [-0.39, 0.29) is 11.7 Å². The lowest BCUT2D eigenvalue weighted by atomic mass is 9.96. The third-order valence-corrected chi connectivity index (χ3v) is 5.96. The molecular formula is C25H29N3O2. The first-order chi connectivity index (χ1) is 14.6. The number of nitrogens with zero attached hydrogens (tertiary/aromatic N) is 1. The molecule has 0 radical (unpaired) electrons. The number of fused-ring (bicyclic) bond motifs is 1. The molecule has 1 amide bonds. The topological polar surface area (TPSA) is 61.4 Å². The van der Waals surface area contributed by atoms with Gasteiger partial charge in [-0.1, -0.05) is 37.3 Å². The monoisotopic (exact) mass is 403 g/mol. The van der Waals surface area contributed by atoms with Crippen LogP contribution in [0.5, 0.6) is 0 Å². The fourth-order valence-corrected chi connectivity index (χ4v) is 4.36. The predicted molar refractivity (Wildman–Crippen MR) is 121 cm³/mol. The number of likely N-dealkylation sites (tertiary alicyclic amines) is 1. The minimum atomic E-state index is -0.125. The molecule has 2 aromatic carbocycles. The first-order valence-corrected chi connectivity index (χ1v) is 10.8. The van der Waals surface area contributed by atoms with Gasteiger partial charge in [-0.15, -0.1) is 0 Å². The SMILES string of the molecule is CCCN1CCC(N/C(=C2\C(=O)Nc3ccc(C(C)=O)cc32)c2ccccc2)CC1. The van der Waals surface area contributed by atoms with E-state index in [0.29, 0.717) is 17.2 Å². The Morgan fingerprint density at radius 3 is 2.50 bits per heavy atom. The highest BCUT2D eigenvalue weighted by molar-refractivity contribution is 6.36. The molecule has 1 saturated heterocycles. The second-order valence-electron chi connectivity index (χ2n) is 8.15. The lowest BCUT2D eigenvalue weighted by Crippen LogP contribution is -2.42. The van der Waals surface area contributed by atoms with Crippen LogP contribution in [0.3, 0.4) is 0 Å². The number of piperidine rings is 1. The molecule has 4 rings (SSSR count). The number of rotatable bonds is 6. The van der Waals surface area contributed by atoms with Crippen LogP contribution in [0, 0.1) is 0 Å². The Balaban J connectivity index is 1.72. The maximum atomic E-state index is 13.0. The molecule has 156 valence electrons. The lowest BCUT2D eigenvalue weighted by molar-refractivity contribution is -0.110. The lowest BCUT2D eigenvalue weighted by Gasteiger charge is -2.33. The van der Waals surface area contributed by atoms with Gasteiger partial charge in [0.2, 0.25) is 0 Å². The Hall–Kier alpha value is -2.92. The molecular weight excluding hydrogens is 374 g/mol. The molecule has 0 aliphatic carbocycles. The van der Waals surface area contributed by atoms with Gasteiger partial charge < -0.3 is 15.5 Å². The van der Waals surface area contributed by atoms with E-state index in [9.17, 15) is 9.59 Å². The highest BCUT2D eigenvalue weighted by atomic mass is 16.2. The second kappa shape index (κ2) is 8.84. The van der Waals surface area contributed by atoms with Crippen molar-refractivity contribution in [1.29, 1.82) is 0 Å². The van der Waals surface area contributed by atoms with Crippen LogP contribution >= 0.6 is 0 Å². The molecule has 2 aliphatic heterocycles. The Morgan fingerprint density at radius 2 is 1.83 bits per heavy atom. The summed E-state index contributed by atoms with van der Waals surface area (Å²) in [5.41, 5.74) is 4.62. The number of hydrogen-bond donors (Lipinski definition) is 2. The number of ketones is 1. The summed E-state index contributed by atoms with van der Waals surface area (Å²) >= 11 is 0. The number of benzene rings is 2. The van der Waals surface area contributed by atoms with Crippen molar-refractivity contribution in [3.05, 3.63) is 65.2 Å². The molecule has 5 heteroatoms. The number of amides is 1. The Labute approximate surface area is 178 Å². The summed E-state index contributed by atoms with van der Waals surface area (Å²) in [6.45, 7) is 7.05. The van der Waals surface area contributed by atoms with Crippen LogP contribution in [0.4, 0.5) is 5.69 Å². The normalized spacial score (nSPS) is 18.7. The largest absolute Gasteiger partial charge is 0.381 e. The van der Waals surface area contributed by atoms with Crippen LogP contribution < -0.4 is 10.6 Å². The summed E-state index contributed by atoms with van der Waals surface area (Å²) in [7, 11) is 0. The molecule has 2 N–H and O–H groups in total. The third-order valence-electron chi connectivity index (χ3n) is 5.96. The summed E-state index contributed by atoms with van der Waals surface area (Å²) in [6.07, 6.45) is 3.27. The average Bonchev–Trinajstić information content (AvgIpc) is 3.09. The van der Waals surface area contributed by atoms with Gasteiger partial charge in [0.15, 0.2) is 5.78 Å². The number of carbonyl (C=O) groups excluding carboxylic acids is 2. The fraction of sp³-hybridized carbons (Fsp3) is 0.360. The molecule has 5 nitrogen and oxygen atoms in total. The van der Waals surface area contributed by atoms with E-state index in [1.807, 2.05) is 42.5 Å². The first kappa shape index (κ1) is 20.4. The molecule has 0 unspecified atom stereocenters. The van der Waals surface area contributed by atoms with E-state index in [0.717, 1.165) is 55.0 Å². The summed E-state index contributed by atoms with van der Waals surface area (Å²) in [5.74, 6) is -0.130. The van der Waals surface area contributed by atoms with E-state index >= 15 is 0 Å². The van der Waals surface area contributed by atoms with Crippen LogP contribution in [0.1, 0.15) is 54.6 Å². The van der Waals surface area contributed by atoms with E-state index in [1.165, 1.54) is 6.42 Å². The molecule has 0 aromatic heterocycles. The van der Waals surface area contributed by atoms with Crippen molar-refractivity contribution in [2.24, 2.45) is 0 Å². The Morgan fingerprint density at radius 1 is 1.10 bits per heavy atom. The highest BCUT2D eigenvalue weighted by Gasteiger charge is 2.30. The Bertz CT molecular complexity index is 973. The second-order valence-corrected chi connectivity index (χ2v) is 8.15. The van der Waals surface area contributed by atoms with Gasteiger partial charge in [0, 0.05) is 35.9 Å².